The quantitative estimate of drug-likeness (QED) is 0.273. The summed E-state index contributed by atoms with van der Waals surface area (Å²) in [5.41, 5.74) is 10.2. The van der Waals surface area contributed by atoms with Gasteiger partial charge in [0, 0.05) is 11.6 Å². The first-order valence-corrected chi connectivity index (χ1v) is 4.96. The number of nitrogens with zero attached hydrogens (tertiary/aromatic N) is 2. The van der Waals surface area contributed by atoms with Crippen LogP contribution in [-0.4, -0.2) is 22.5 Å². The fourth-order valence-corrected chi connectivity index (χ4v) is 1.16. The number of carbonyl (C=O) groups excluding carboxylic acids is 1. The van der Waals surface area contributed by atoms with E-state index in [1.807, 2.05) is 0 Å². The summed E-state index contributed by atoms with van der Waals surface area (Å²) in [4.78, 5) is 24.8. The highest BCUT2D eigenvalue weighted by Crippen LogP contribution is 2.28. The number of amides is 1. The summed E-state index contributed by atoms with van der Waals surface area (Å²) >= 11 is 5.42. The Kier molecular flexibility index (Phi) is 4.00. The zero-order valence-corrected chi connectivity index (χ0v) is 9.35. The molecule has 1 rings (SSSR count). The highest BCUT2D eigenvalue weighted by atomic mass is 35.5. The van der Waals surface area contributed by atoms with Crippen molar-refractivity contribution in [2.24, 2.45) is 16.5 Å². The molecule has 0 unspecified atom stereocenters. The van der Waals surface area contributed by atoms with Gasteiger partial charge in [-0.1, -0.05) is 0 Å². The number of nitro groups is 1. The van der Waals surface area contributed by atoms with Crippen molar-refractivity contribution in [2.75, 3.05) is 5.88 Å². The molecule has 90 valence electrons. The monoisotopic (exact) mass is 256 g/mol. The molecule has 17 heavy (non-hydrogen) atoms. The van der Waals surface area contributed by atoms with Crippen LogP contribution in [0.2, 0.25) is 0 Å². The molecule has 0 saturated heterocycles. The van der Waals surface area contributed by atoms with Crippen molar-refractivity contribution in [3.63, 3.8) is 0 Å². The third kappa shape index (κ3) is 3.15. The number of nitrogens with two attached hydrogens (primary N) is 2. The highest BCUT2D eigenvalue weighted by Gasteiger charge is 2.15. The van der Waals surface area contributed by atoms with Crippen LogP contribution in [0.4, 0.5) is 11.4 Å². The van der Waals surface area contributed by atoms with Crippen LogP contribution in [0, 0.1) is 10.1 Å². The van der Waals surface area contributed by atoms with E-state index < -0.39 is 10.8 Å². The van der Waals surface area contributed by atoms with E-state index in [2.05, 4.69) is 4.99 Å². The predicted molar refractivity (Wildman–Crippen MR) is 63.6 cm³/mol. The number of primary amides is 1. The molecule has 8 heteroatoms. The van der Waals surface area contributed by atoms with Gasteiger partial charge in [-0.2, -0.15) is 0 Å². The fourth-order valence-electron chi connectivity index (χ4n) is 1.11. The molecule has 0 saturated carbocycles. The van der Waals surface area contributed by atoms with Gasteiger partial charge in [-0.25, -0.2) is 4.99 Å². The SMILES string of the molecule is NC(=O)c1ccc([N+](=O)[O-])c(N=C(N)CCl)c1. The van der Waals surface area contributed by atoms with Gasteiger partial charge in [-0.3, -0.25) is 14.9 Å². The second kappa shape index (κ2) is 5.26. The minimum absolute atomic E-state index is 0.0105. The van der Waals surface area contributed by atoms with Gasteiger partial charge in [0.15, 0.2) is 0 Å². The molecule has 0 aliphatic carbocycles. The van der Waals surface area contributed by atoms with Crippen LogP contribution in [0.1, 0.15) is 10.4 Å². The molecule has 0 heterocycles. The molecule has 0 fully saturated rings. The molecule has 0 aliphatic heterocycles. The van der Waals surface area contributed by atoms with Gasteiger partial charge >= 0.3 is 0 Å². The van der Waals surface area contributed by atoms with E-state index >= 15 is 0 Å². The van der Waals surface area contributed by atoms with Crippen LogP contribution in [0.25, 0.3) is 0 Å². The van der Waals surface area contributed by atoms with E-state index in [1.165, 1.54) is 12.1 Å². The van der Waals surface area contributed by atoms with Crippen molar-refractivity contribution >= 4 is 34.7 Å². The summed E-state index contributed by atoms with van der Waals surface area (Å²) in [5.74, 6) is -0.769. The molecule has 1 aromatic rings. The lowest BCUT2D eigenvalue weighted by atomic mass is 10.1. The van der Waals surface area contributed by atoms with Crippen LogP contribution in [-0.2, 0) is 0 Å². The van der Waals surface area contributed by atoms with Gasteiger partial charge in [0.25, 0.3) is 5.69 Å². The number of carbonyl (C=O) groups is 1. The Morgan fingerprint density at radius 3 is 2.59 bits per heavy atom. The lowest BCUT2D eigenvalue weighted by molar-refractivity contribution is -0.384. The minimum atomic E-state index is -0.708. The lowest BCUT2D eigenvalue weighted by Gasteiger charge is -2.01. The number of amidine groups is 1. The number of aliphatic imine (C=N–C) groups is 1. The Morgan fingerprint density at radius 1 is 1.47 bits per heavy atom. The molecule has 7 nitrogen and oxygen atoms in total. The number of hydrogen-bond donors (Lipinski definition) is 2. The zero-order chi connectivity index (χ0) is 13.0. The van der Waals surface area contributed by atoms with Gasteiger partial charge in [-0.05, 0) is 12.1 Å². The van der Waals surface area contributed by atoms with Crippen LogP contribution in [0.3, 0.4) is 0 Å². The minimum Gasteiger partial charge on any atom is -0.386 e. The van der Waals surface area contributed by atoms with E-state index in [4.69, 9.17) is 23.1 Å². The van der Waals surface area contributed by atoms with Gasteiger partial charge in [0.2, 0.25) is 5.91 Å². The van der Waals surface area contributed by atoms with E-state index in [0.717, 1.165) is 6.07 Å². The van der Waals surface area contributed by atoms with Crippen molar-refractivity contribution in [2.45, 2.75) is 0 Å². The summed E-state index contributed by atoms with van der Waals surface area (Å²) in [7, 11) is 0. The normalized spacial score (nSPS) is 11.2. The Labute approximate surface area is 101 Å². The van der Waals surface area contributed by atoms with Crippen LogP contribution < -0.4 is 11.5 Å². The molecule has 1 amide bonds. The topological polar surface area (TPSA) is 125 Å². The summed E-state index contributed by atoms with van der Waals surface area (Å²) in [6.07, 6.45) is 0. The second-order valence-electron chi connectivity index (χ2n) is 3.06. The third-order valence-corrected chi connectivity index (χ3v) is 2.13. The number of nitro benzene ring substituents is 1. The van der Waals surface area contributed by atoms with E-state index in [9.17, 15) is 14.9 Å². The molecule has 1 aromatic carbocycles. The molecule has 0 radical (unpaired) electrons. The Hall–Kier alpha value is -2.15. The van der Waals surface area contributed by atoms with Crippen LogP contribution >= 0.6 is 11.6 Å². The Balaban J connectivity index is 3.35. The standard InChI is InChI=1S/C9H9ClN4O3/c10-4-8(11)13-6-3-5(9(12)15)1-2-7(6)14(16)17/h1-3H,4H2,(H2,11,13)(H2,12,15). The first kappa shape index (κ1) is 12.9. The van der Waals surface area contributed by atoms with E-state index in [-0.39, 0.29) is 28.7 Å². The molecule has 4 N–H and O–H groups in total. The van der Waals surface area contributed by atoms with Gasteiger partial charge < -0.3 is 11.5 Å². The predicted octanol–water partition coefficient (Wildman–Crippen LogP) is 0.921. The largest absolute Gasteiger partial charge is 0.386 e. The molecular weight excluding hydrogens is 248 g/mol. The van der Waals surface area contributed by atoms with Crippen molar-refractivity contribution < 1.29 is 9.72 Å². The molecule has 0 atom stereocenters. The summed E-state index contributed by atoms with van der Waals surface area (Å²) in [6.45, 7) is 0. The van der Waals surface area contributed by atoms with Gasteiger partial charge in [0.1, 0.15) is 11.5 Å². The molecule has 0 aliphatic rings. The van der Waals surface area contributed by atoms with Gasteiger partial charge in [-0.15, -0.1) is 11.6 Å². The number of hydrogen-bond acceptors (Lipinski definition) is 4. The van der Waals surface area contributed by atoms with Crippen LogP contribution in [0.15, 0.2) is 23.2 Å². The van der Waals surface area contributed by atoms with E-state index in [0.29, 0.717) is 0 Å². The Bertz CT molecular complexity index is 501. The number of benzene rings is 1. The summed E-state index contributed by atoms with van der Waals surface area (Å²) in [6, 6.07) is 3.58. The van der Waals surface area contributed by atoms with Crippen LogP contribution in [0.5, 0.6) is 0 Å². The van der Waals surface area contributed by atoms with Crippen molar-refractivity contribution in [1.29, 1.82) is 0 Å². The first-order valence-electron chi connectivity index (χ1n) is 4.43. The Morgan fingerprint density at radius 2 is 2.12 bits per heavy atom. The van der Waals surface area contributed by atoms with Crippen molar-refractivity contribution in [3.05, 3.63) is 33.9 Å². The molecular formula is C9H9ClN4O3. The summed E-state index contributed by atoms with van der Waals surface area (Å²) in [5, 5.41) is 10.7. The first-order chi connectivity index (χ1) is 7.95. The number of alkyl halides is 1. The maximum absolute atomic E-state index is 10.9. The average molecular weight is 257 g/mol. The van der Waals surface area contributed by atoms with Gasteiger partial charge in [0.05, 0.1) is 10.8 Å². The molecule has 0 aromatic heterocycles. The average Bonchev–Trinajstić information content (AvgIpc) is 2.28. The van der Waals surface area contributed by atoms with Crippen molar-refractivity contribution in [1.82, 2.24) is 0 Å². The maximum Gasteiger partial charge on any atom is 0.294 e. The fraction of sp³-hybridized carbons (Fsp3) is 0.111. The maximum atomic E-state index is 10.9. The summed E-state index contributed by atoms with van der Waals surface area (Å²) < 4.78 is 0. The molecule has 0 spiro atoms. The third-order valence-electron chi connectivity index (χ3n) is 1.86. The lowest BCUT2D eigenvalue weighted by Crippen LogP contribution is -2.13. The van der Waals surface area contributed by atoms with Crippen molar-refractivity contribution in [3.8, 4) is 0 Å². The number of rotatable bonds is 4. The van der Waals surface area contributed by atoms with E-state index in [1.54, 1.807) is 0 Å². The number of halogens is 1. The molecule has 0 bridgehead atoms. The second-order valence-corrected chi connectivity index (χ2v) is 3.33. The highest BCUT2D eigenvalue weighted by molar-refractivity contribution is 6.28. The smallest absolute Gasteiger partial charge is 0.294 e. The zero-order valence-electron chi connectivity index (χ0n) is 8.59.